The fraction of sp³-hybridized carbons (Fsp3) is 0.900. The van der Waals surface area contributed by atoms with Gasteiger partial charge in [0.2, 0.25) is 5.91 Å². The molecule has 0 aromatic rings. The second-order valence-corrected chi connectivity index (χ2v) is 4.28. The fourth-order valence-corrected chi connectivity index (χ4v) is 2.04. The molecule has 68 valence electrons. The monoisotopic (exact) mass is 167 g/mol. The summed E-state index contributed by atoms with van der Waals surface area (Å²) in [5.74, 6) is 1.66. The first-order valence-electron chi connectivity index (χ1n) is 5.06. The Morgan fingerprint density at radius 2 is 1.75 bits per heavy atom. The van der Waals surface area contributed by atoms with Crippen molar-refractivity contribution in [1.82, 2.24) is 4.90 Å². The zero-order valence-corrected chi connectivity index (χ0v) is 7.75. The second-order valence-electron chi connectivity index (χ2n) is 4.28. The Hall–Kier alpha value is -0.530. The van der Waals surface area contributed by atoms with E-state index < -0.39 is 0 Å². The van der Waals surface area contributed by atoms with Crippen LogP contribution in [0.3, 0.4) is 0 Å². The van der Waals surface area contributed by atoms with E-state index in [-0.39, 0.29) is 0 Å². The van der Waals surface area contributed by atoms with Gasteiger partial charge in [0.1, 0.15) is 0 Å². The molecule has 1 amide bonds. The van der Waals surface area contributed by atoms with Gasteiger partial charge >= 0.3 is 0 Å². The molecule has 1 saturated heterocycles. The van der Waals surface area contributed by atoms with Gasteiger partial charge in [-0.15, -0.1) is 0 Å². The van der Waals surface area contributed by atoms with E-state index in [4.69, 9.17) is 0 Å². The summed E-state index contributed by atoms with van der Waals surface area (Å²) in [7, 11) is 0. The zero-order valence-electron chi connectivity index (χ0n) is 7.75. The highest BCUT2D eigenvalue weighted by atomic mass is 16.2. The maximum Gasteiger partial charge on any atom is 0.225 e. The predicted octanol–water partition coefficient (Wildman–Crippen LogP) is 1.65. The number of carbonyl (C=O) groups excluding carboxylic acids is 1. The SMILES string of the molecule is CC1CCC(C(=O)N2CC2)CC1. The molecule has 0 N–H and O–H groups in total. The van der Waals surface area contributed by atoms with Crippen molar-refractivity contribution in [2.45, 2.75) is 32.6 Å². The van der Waals surface area contributed by atoms with Crippen molar-refractivity contribution >= 4 is 5.91 Å². The minimum atomic E-state index is 0.378. The van der Waals surface area contributed by atoms with Crippen LogP contribution in [0.2, 0.25) is 0 Å². The number of nitrogens with zero attached hydrogens (tertiary/aromatic N) is 1. The molecule has 0 unspecified atom stereocenters. The van der Waals surface area contributed by atoms with Gasteiger partial charge in [0.25, 0.3) is 0 Å². The molecule has 1 aliphatic heterocycles. The van der Waals surface area contributed by atoms with Gasteiger partial charge < -0.3 is 4.90 Å². The van der Waals surface area contributed by atoms with Gasteiger partial charge in [-0.25, -0.2) is 0 Å². The number of amides is 1. The summed E-state index contributed by atoms with van der Waals surface area (Å²) < 4.78 is 0. The van der Waals surface area contributed by atoms with Crippen molar-refractivity contribution in [2.75, 3.05) is 13.1 Å². The standard InChI is InChI=1S/C10H17NO/c1-8-2-4-9(5-3-8)10(12)11-6-7-11/h8-9H,2-7H2,1H3. The van der Waals surface area contributed by atoms with E-state index in [2.05, 4.69) is 6.92 Å². The van der Waals surface area contributed by atoms with Gasteiger partial charge in [-0.2, -0.15) is 0 Å². The van der Waals surface area contributed by atoms with E-state index in [0.29, 0.717) is 11.8 Å². The Bertz CT molecular complexity index is 178. The van der Waals surface area contributed by atoms with Gasteiger partial charge in [0.15, 0.2) is 0 Å². The zero-order chi connectivity index (χ0) is 8.55. The largest absolute Gasteiger partial charge is 0.339 e. The summed E-state index contributed by atoms with van der Waals surface area (Å²) in [4.78, 5) is 13.6. The molecule has 2 rings (SSSR count). The first-order valence-corrected chi connectivity index (χ1v) is 5.06. The number of hydrogen-bond acceptors (Lipinski definition) is 1. The third-order valence-electron chi connectivity index (χ3n) is 3.12. The molecule has 1 heterocycles. The summed E-state index contributed by atoms with van der Waals surface area (Å²) in [5, 5.41) is 0. The van der Waals surface area contributed by atoms with Crippen molar-refractivity contribution in [2.24, 2.45) is 11.8 Å². The molecule has 2 nitrogen and oxygen atoms in total. The molecule has 2 heteroatoms. The maximum atomic E-state index is 11.6. The van der Waals surface area contributed by atoms with Crippen LogP contribution in [0.4, 0.5) is 0 Å². The molecule has 2 aliphatic rings. The smallest absolute Gasteiger partial charge is 0.225 e. The molecule has 0 atom stereocenters. The molecule has 0 spiro atoms. The Labute approximate surface area is 73.9 Å². The summed E-state index contributed by atoms with van der Waals surface area (Å²) in [6, 6.07) is 0. The van der Waals surface area contributed by atoms with Crippen molar-refractivity contribution in [3.63, 3.8) is 0 Å². The van der Waals surface area contributed by atoms with E-state index in [9.17, 15) is 4.79 Å². The lowest BCUT2D eigenvalue weighted by Crippen LogP contribution is -2.26. The van der Waals surface area contributed by atoms with Crippen LogP contribution < -0.4 is 0 Å². The maximum absolute atomic E-state index is 11.6. The summed E-state index contributed by atoms with van der Waals surface area (Å²) in [5.41, 5.74) is 0. The van der Waals surface area contributed by atoms with E-state index in [1.54, 1.807) is 0 Å². The molecular formula is C10H17NO. The number of carbonyl (C=O) groups is 1. The molecule has 0 aromatic heterocycles. The van der Waals surface area contributed by atoms with Gasteiger partial charge in [0, 0.05) is 19.0 Å². The van der Waals surface area contributed by atoms with Crippen molar-refractivity contribution in [3.05, 3.63) is 0 Å². The van der Waals surface area contributed by atoms with Crippen LogP contribution in [0.1, 0.15) is 32.6 Å². The second kappa shape index (κ2) is 3.08. The first-order chi connectivity index (χ1) is 5.77. The van der Waals surface area contributed by atoms with E-state index in [0.717, 1.165) is 31.8 Å². The lowest BCUT2D eigenvalue weighted by molar-refractivity contribution is -0.131. The summed E-state index contributed by atoms with van der Waals surface area (Å²) in [6.45, 7) is 4.33. The third kappa shape index (κ3) is 1.62. The third-order valence-corrected chi connectivity index (χ3v) is 3.12. The highest BCUT2D eigenvalue weighted by molar-refractivity contribution is 5.80. The normalized spacial score (nSPS) is 34.9. The highest BCUT2D eigenvalue weighted by Gasteiger charge is 2.32. The van der Waals surface area contributed by atoms with Crippen molar-refractivity contribution in [1.29, 1.82) is 0 Å². The molecule has 1 aliphatic carbocycles. The highest BCUT2D eigenvalue weighted by Crippen LogP contribution is 2.30. The van der Waals surface area contributed by atoms with Gasteiger partial charge in [-0.05, 0) is 31.6 Å². The molecular weight excluding hydrogens is 150 g/mol. The molecule has 12 heavy (non-hydrogen) atoms. The van der Waals surface area contributed by atoms with Crippen LogP contribution in [0.25, 0.3) is 0 Å². The van der Waals surface area contributed by atoms with E-state index >= 15 is 0 Å². The Kier molecular flexibility index (Phi) is 2.07. The minimum absolute atomic E-state index is 0.378. The average molecular weight is 167 g/mol. The van der Waals surface area contributed by atoms with Gasteiger partial charge in [-0.1, -0.05) is 6.92 Å². The molecule has 2 fully saturated rings. The molecule has 0 bridgehead atoms. The van der Waals surface area contributed by atoms with Crippen molar-refractivity contribution < 1.29 is 4.79 Å². The average Bonchev–Trinajstić information content (AvgIpc) is 2.87. The molecule has 1 saturated carbocycles. The topological polar surface area (TPSA) is 20.1 Å². The van der Waals surface area contributed by atoms with E-state index in [1.165, 1.54) is 12.8 Å². The Morgan fingerprint density at radius 1 is 1.17 bits per heavy atom. The van der Waals surface area contributed by atoms with Crippen LogP contribution in [0, 0.1) is 11.8 Å². The van der Waals surface area contributed by atoms with Crippen LogP contribution in [-0.4, -0.2) is 23.9 Å². The quantitative estimate of drug-likeness (QED) is 0.544. The Balaban J connectivity index is 1.84. The molecule has 0 aromatic carbocycles. The first kappa shape index (κ1) is 8.09. The number of rotatable bonds is 1. The van der Waals surface area contributed by atoms with Gasteiger partial charge in [0.05, 0.1) is 0 Å². The fourth-order valence-electron chi connectivity index (χ4n) is 2.04. The summed E-state index contributed by atoms with van der Waals surface area (Å²) in [6.07, 6.45) is 4.78. The Morgan fingerprint density at radius 3 is 2.25 bits per heavy atom. The summed E-state index contributed by atoms with van der Waals surface area (Å²) >= 11 is 0. The number of hydrogen-bond donors (Lipinski definition) is 0. The van der Waals surface area contributed by atoms with Crippen LogP contribution in [0.5, 0.6) is 0 Å². The minimum Gasteiger partial charge on any atom is -0.339 e. The molecule has 0 radical (unpaired) electrons. The lowest BCUT2D eigenvalue weighted by atomic mass is 9.82. The lowest BCUT2D eigenvalue weighted by Gasteiger charge is -2.25. The predicted molar refractivity (Wildman–Crippen MR) is 47.7 cm³/mol. The van der Waals surface area contributed by atoms with Crippen molar-refractivity contribution in [3.8, 4) is 0 Å². The van der Waals surface area contributed by atoms with Crippen LogP contribution in [-0.2, 0) is 4.79 Å². The van der Waals surface area contributed by atoms with E-state index in [1.807, 2.05) is 4.90 Å². The van der Waals surface area contributed by atoms with Crippen LogP contribution >= 0.6 is 0 Å². The van der Waals surface area contributed by atoms with Gasteiger partial charge in [-0.3, -0.25) is 4.79 Å². The van der Waals surface area contributed by atoms with Crippen LogP contribution in [0.15, 0.2) is 0 Å².